The fraction of sp³-hybridized carbons (Fsp3) is 0.0976. The molecule has 1 atom stereocenters. The molecule has 0 aliphatic carbocycles. The minimum absolute atomic E-state index is 0.120. The van der Waals surface area contributed by atoms with Crippen LogP contribution in [0.2, 0.25) is 0 Å². The number of carbonyl (C=O) groups is 3. The Morgan fingerprint density at radius 1 is 0.667 bits per heavy atom. The monoisotopic (exact) mass is 634 g/mol. The Kier molecular flexibility index (Phi) is 9.87. The molecule has 0 aliphatic rings. The Balaban J connectivity index is 1.10. The van der Waals surface area contributed by atoms with Crippen LogP contribution in [0, 0.1) is 0 Å². The third-order valence-electron chi connectivity index (χ3n) is 8.09. The number of benzene rings is 6. The summed E-state index contributed by atoms with van der Waals surface area (Å²) in [6.07, 6.45) is 0.186. The second-order valence-corrected chi connectivity index (χ2v) is 11.3. The van der Waals surface area contributed by atoms with Gasteiger partial charge in [-0.3, -0.25) is 9.59 Å². The maximum absolute atomic E-state index is 13.7. The Morgan fingerprint density at radius 3 is 2.04 bits per heavy atom. The number of anilines is 2. The molecule has 0 spiro atoms. The summed E-state index contributed by atoms with van der Waals surface area (Å²) in [5.41, 5.74) is 3.54. The van der Waals surface area contributed by atoms with Gasteiger partial charge >= 0.3 is 5.97 Å². The van der Waals surface area contributed by atoms with Gasteiger partial charge in [-0.1, -0.05) is 103 Å². The summed E-state index contributed by atoms with van der Waals surface area (Å²) in [5.74, 6) is -0.739. The van der Waals surface area contributed by atoms with Crippen LogP contribution in [0.15, 0.2) is 152 Å². The maximum atomic E-state index is 13.7. The number of carboxylic acids is 1. The molecular weight excluding hydrogens is 600 g/mol. The molecule has 0 saturated heterocycles. The van der Waals surface area contributed by atoms with Crippen molar-refractivity contribution >= 4 is 39.8 Å². The zero-order valence-electron chi connectivity index (χ0n) is 26.2. The maximum Gasteiger partial charge on any atom is 0.326 e. The van der Waals surface area contributed by atoms with E-state index in [0.717, 1.165) is 22.0 Å². The zero-order chi connectivity index (χ0) is 33.3. The molecule has 0 aromatic heterocycles. The second-order valence-electron chi connectivity index (χ2n) is 11.3. The highest BCUT2D eigenvalue weighted by molar-refractivity contribution is 6.12. The van der Waals surface area contributed by atoms with Crippen LogP contribution < -0.4 is 15.0 Å². The third kappa shape index (κ3) is 7.59. The van der Waals surface area contributed by atoms with Crippen molar-refractivity contribution < 1.29 is 24.2 Å². The SMILES string of the molecule is O=C(c1ccccc1)c1ccccc1NC(Cc1ccc(OCCN(C(=O)c2ccc3ccccc3c2)c2ccccc2)cc1)C(=O)O. The number of carbonyl (C=O) groups excluding carboxylic acids is 2. The van der Waals surface area contributed by atoms with Gasteiger partial charge in [0, 0.05) is 34.5 Å². The summed E-state index contributed by atoms with van der Waals surface area (Å²) >= 11 is 0. The molecule has 1 amide bonds. The van der Waals surface area contributed by atoms with Crippen LogP contribution in [0.3, 0.4) is 0 Å². The van der Waals surface area contributed by atoms with E-state index in [-0.39, 0.29) is 24.7 Å². The van der Waals surface area contributed by atoms with Gasteiger partial charge in [-0.2, -0.15) is 0 Å². The number of aliphatic carboxylic acids is 1. The van der Waals surface area contributed by atoms with Crippen molar-refractivity contribution in [2.75, 3.05) is 23.4 Å². The summed E-state index contributed by atoms with van der Waals surface area (Å²) < 4.78 is 6.04. The van der Waals surface area contributed by atoms with Gasteiger partial charge in [-0.15, -0.1) is 0 Å². The lowest BCUT2D eigenvalue weighted by Gasteiger charge is -2.23. The van der Waals surface area contributed by atoms with Crippen LogP contribution in [0.5, 0.6) is 5.75 Å². The lowest BCUT2D eigenvalue weighted by Crippen LogP contribution is -2.34. The topological polar surface area (TPSA) is 95.9 Å². The van der Waals surface area contributed by atoms with E-state index in [1.54, 1.807) is 65.6 Å². The van der Waals surface area contributed by atoms with E-state index >= 15 is 0 Å². The van der Waals surface area contributed by atoms with Gasteiger partial charge < -0.3 is 20.1 Å². The largest absolute Gasteiger partial charge is 0.492 e. The standard InChI is InChI=1S/C41H34N2O5/c44-39(31-12-3-1-4-13-31)36-17-9-10-18-37(36)42-38(41(46)47)27-29-19-23-35(24-20-29)48-26-25-43(34-15-5-2-6-16-34)40(45)33-22-21-30-11-7-8-14-32(30)28-33/h1-24,28,38,42H,25-27H2,(H,46,47). The first kappa shape index (κ1) is 31.8. The van der Waals surface area contributed by atoms with Gasteiger partial charge in [0.2, 0.25) is 0 Å². The molecular formula is C41H34N2O5. The summed E-state index contributed by atoms with van der Waals surface area (Å²) in [5, 5.41) is 15.2. The third-order valence-corrected chi connectivity index (χ3v) is 8.09. The fourth-order valence-corrected chi connectivity index (χ4v) is 5.59. The average molecular weight is 635 g/mol. The van der Waals surface area contributed by atoms with Gasteiger partial charge in [-0.25, -0.2) is 4.79 Å². The number of rotatable bonds is 13. The van der Waals surface area contributed by atoms with Crippen molar-refractivity contribution in [3.63, 3.8) is 0 Å². The molecule has 6 aromatic rings. The number of ether oxygens (including phenoxy) is 1. The fourth-order valence-electron chi connectivity index (χ4n) is 5.59. The van der Waals surface area contributed by atoms with Crippen molar-refractivity contribution in [2.45, 2.75) is 12.5 Å². The highest BCUT2D eigenvalue weighted by atomic mass is 16.5. The molecule has 0 bridgehead atoms. The van der Waals surface area contributed by atoms with E-state index < -0.39 is 12.0 Å². The normalized spacial score (nSPS) is 11.4. The molecule has 238 valence electrons. The molecule has 2 N–H and O–H groups in total. The predicted molar refractivity (Wildman–Crippen MR) is 189 cm³/mol. The number of carboxylic acid groups (broad SMARTS) is 1. The molecule has 1 unspecified atom stereocenters. The first-order chi connectivity index (χ1) is 23.5. The number of para-hydroxylation sites is 2. The number of ketones is 1. The Hall–Kier alpha value is -6.21. The van der Waals surface area contributed by atoms with Crippen molar-refractivity contribution in [1.82, 2.24) is 0 Å². The van der Waals surface area contributed by atoms with Gasteiger partial charge in [0.15, 0.2) is 5.78 Å². The lowest BCUT2D eigenvalue weighted by atomic mass is 10.00. The summed E-state index contributed by atoms with van der Waals surface area (Å²) in [6.45, 7) is 0.572. The van der Waals surface area contributed by atoms with Crippen molar-refractivity contribution in [2.24, 2.45) is 0 Å². The van der Waals surface area contributed by atoms with E-state index in [0.29, 0.717) is 34.7 Å². The molecule has 0 heterocycles. The minimum atomic E-state index is -1.03. The molecule has 0 fully saturated rings. The predicted octanol–water partition coefficient (Wildman–Crippen LogP) is 7.90. The van der Waals surface area contributed by atoms with Crippen LogP contribution in [-0.4, -0.2) is 42.0 Å². The summed E-state index contributed by atoms with van der Waals surface area (Å²) in [7, 11) is 0. The number of nitrogens with one attached hydrogen (secondary N) is 1. The van der Waals surface area contributed by atoms with Crippen LogP contribution in [0.25, 0.3) is 10.8 Å². The van der Waals surface area contributed by atoms with E-state index in [1.165, 1.54) is 0 Å². The van der Waals surface area contributed by atoms with Gasteiger partial charge in [0.25, 0.3) is 5.91 Å². The van der Waals surface area contributed by atoms with Crippen LogP contribution in [-0.2, 0) is 11.2 Å². The molecule has 0 saturated carbocycles. The molecule has 6 aromatic carbocycles. The molecule has 0 aliphatic heterocycles. The lowest BCUT2D eigenvalue weighted by molar-refractivity contribution is -0.137. The molecule has 48 heavy (non-hydrogen) atoms. The number of amides is 1. The number of hydrogen-bond acceptors (Lipinski definition) is 5. The Morgan fingerprint density at radius 2 is 1.31 bits per heavy atom. The molecule has 7 nitrogen and oxygen atoms in total. The molecule has 0 radical (unpaired) electrons. The summed E-state index contributed by atoms with van der Waals surface area (Å²) in [6, 6.07) is 45.2. The van der Waals surface area contributed by atoms with Crippen molar-refractivity contribution in [3.05, 3.63) is 174 Å². The van der Waals surface area contributed by atoms with Crippen molar-refractivity contribution in [3.8, 4) is 5.75 Å². The number of hydrogen-bond donors (Lipinski definition) is 2. The van der Waals surface area contributed by atoms with Gasteiger partial charge in [0.05, 0.1) is 6.54 Å². The summed E-state index contributed by atoms with van der Waals surface area (Å²) in [4.78, 5) is 40.8. The second kappa shape index (κ2) is 14.9. The Bertz CT molecular complexity index is 2030. The van der Waals surface area contributed by atoms with E-state index in [1.807, 2.05) is 91.0 Å². The smallest absolute Gasteiger partial charge is 0.326 e. The van der Waals surface area contributed by atoms with Crippen LogP contribution in [0.1, 0.15) is 31.8 Å². The molecule has 7 heteroatoms. The first-order valence-corrected chi connectivity index (χ1v) is 15.7. The first-order valence-electron chi connectivity index (χ1n) is 15.7. The number of nitrogens with zero attached hydrogens (tertiary/aromatic N) is 1. The van der Waals surface area contributed by atoms with Crippen LogP contribution >= 0.6 is 0 Å². The van der Waals surface area contributed by atoms with E-state index in [9.17, 15) is 19.5 Å². The zero-order valence-corrected chi connectivity index (χ0v) is 26.2. The minimum Gasteiger partial charge on any atom is -0.492 e. The highest BCUT2D eigenvalue weighted by Crippen LogP contribution is 2.23. The van der Waals surface area contributed by atoms with E-state index in [2.05, 4.69) is 5.32 Å². The average Bonchev–Trinajstić information content (AvgIpc) is 3.14. The van der Waals surface area contributed by atoms with Crippen molar-refractivity contribution in [1.29, 1.82) is 0 Å². The molecule has 6 rings (SSSR count). The quantitative estimate of drug-likeness (QED) is 0.125. The Labute approximate surface area is 279 Å². The van der Waals surface area contributed by atoms with Gasteiger partial charge in [0.1, 0.15) is 18.4 Å². The van der Waals surface area contributed by atoms with Crippen LogP contribution in [0.4, 0.5) is 11.4 Å². The van der Waals surface area contributed by atoms with E-state index in [4.69, 9.17) is 4.74 Å². The van der Waals surface area contributed by atoms with Gasteiger partial charge in [-0.05, 0) is 64.9 Å². The highest BCUT2D eigenvalue weighted by Gasteiger charge is 2.22. The number of fused-ring (bicyclic) bond motifs is 1.